The molecule has 7 rings (SSSR count). The van der Waals surface area contributed by atoms with E-state index < -0.39 is 22.0 Å². The number of hydrogen-bond acceptors (Lipinski definition) is 3. The predicted molar refractivity (Wildman–Crippen MR) is 167 cm³/mol. The summed E-state index contributed by atoms with van der Waals surface area (Å²) in [5.74, 6) is -0.709. The van der Waals surface area contributed by atoms with E-state index in [1.807, 2.05) is 97.1 Å². The Labute approximate surface area is 265 Å². The second-order valence-electron chi connectivity index (χ2n) is 10.6. The molecule has 4 aromatic carbocycles. The molecule has 4 aromatic rings. The number of carbonyl (C=O) groups excluding carboxylic acids is 2. The van der Waals surface area contributed by atoms with Crippen LogP contribution in [0, 0.1) is 0 Å². The number of benzene rings is 4. The van der Waals surface area contributed by atoms with Crippen LogP contribution in [0.1, 0.15) is 35.1 Å². The first-order valence-corrected chi connectivity index (χ1v) is 16.0. The number of imide groups is 1. The maximum absolute atomic E-state index is 14.8. The molecule has 8 heteroatoms. The van der Waals surface area contributed by atoms with Gasteiger partial charge in [-0.15, -0.1) is 0 Å². The summed E-state index contributed by atoms with van der Waals surface area (Å²) in [6.45, 7) is 0. The molecule has 0 aromatic heterocycles. The van der Waals surface area contributed by atoms with Crippen molar-refractivity contribution < 1.29 is 14.3 Å². The number of carbonyl (C=O) groups is 2. The Morgan fingerprint density at radius 1 is 0.525 bits per heavy atom. The molecular weight excluding hydrogens is 766 g/mol. The van der Waals surface area contributed by atoms with Crippen molar-refractivity contribution in [3.63, 3.8) is 0 Å². The Balaban J connectivity index is 1.72. The highest BCUT2D eigenvalue weighted by Gasteiger charge is 2.91. The normalized spacial score (nSPS) is 30.4. The highest BCUT2D eigenvalue weighted by Crippen LogP contribution is 2.79. The number of amides is 2. The summed E-state index contributed by atoms with van der Waals surface area (Å²) < 4.78 is 10.9. The molecule has 4 unspecified atom stereocenters. The van der Waals surface area contributed by atoms with Gasteiger partial charge < -0.3 is 4.74 Å². The number of fused-ring (bicyclic) bond motifs is 5. The van der Waals surface area contributed by atoms with E-state index in [1.165, 1.54) is 0 Å². The summed E-state index contributed by atoms with van der Waals surface area (Å²) in [5.41, 5.74) is -2.02. The third kappa shape index (κ3) is 3.15. The third-order valence-corrected chi connectivity index (χ3v) is 10.9. The Morgan fingerprint density at radius 2 is 0.850 bits per heavy atom. The van der Waals surface area contributed by atoms with E-state index in [0.717, 1.165) is 40.1 Å². The van der Waals surface area contributed by atoms with Crippen molar-refractivity contribution >= 4 is 75.5 Å². The van der Waals surface area contributed by atoms with Gasteiger partial charge in [-0.1, -0.05) is 112 Å². The van der Waals surface area contributed by atoms with Crippen LogP contribution in [0.3, 0.4) is 0 Å². The lowest BCUT2D eigenvalue weighted by molar-refractivity contribution is -0.138. The molecule has 3 heterocycles. The zero-order valence-corrected chi connectivity index (χ0v) is 27.2. The Kier molecular flexibility index (Phi) is 6.16. The molecule has 0 aliphatic carbocycles. The van der Waals surface area contributed by atoms with Crippen LogP contribution in [0.4, 0.5) is 0 Å². The first-order chi connectivity index (χ1) is 19.2. The zero-order chi connectivity index (χ0) is 27.9. The van der Waals surface area contributed by atoms with Crippen molar-refractivity contribution in [1.82, 2.24) is 5.32 Å². The number of nitrogens with one attached hydrogen (secondary N) is 1. The number of rotatable bonds is 4. The second-order valence-corrected chi connectivity index (χ2v) is 14.2. The van der Waals surface area contributed by atoms with Crippen LogP contribution in [-0.4, -0.2) is 11.8 Å². The fourth-order valence-corrected chi connectivity index (χ4v) is 9.40. The van der Waals surface area contributed by atoms with Crippen LogP contribution in [0.5, 0.6) is 0 Å². The van der Waals surface area contributed by atoms with Crippen LogP contribution >= 0.6 is 63.7 Å². The molecule has 4 nitrogen and oxygen atoms in total. The first-order valence-electron chi connectivity index (χ1n) is 12.8. The van der Waals surface area contributed by atoms with Crippen LogP contribution < -0.4 is 5.32 Å². The smallest absolute Gasteiger partial charge is 0.242 e. The minimum atomic E-state index is -1.43. The molecule has 40 heavy (non-hydrogen) atoms. The molecule has 2 bridgehead atoms. The summed E-state index contributed by atoms with van der Waals surface area (Å²) in [7, 11) is 0. The van der Waals surface area contributed by atoms with Crippen molar-refractivity contribution in [3.05, 3.63) is 137 Å². The van der Waals surface area contributed by atoms with E-state index in [9.17, 15) is 9.59 Å². The highest BCUT2D eigenvalue weighted by atomic mass is 79.9. The van der Waals surface area contributed by atoms with Gasteiger partial charge in [0.2, 0.25) is 11.8 Å². The lowest BCUT2D eigenvalue weighted by atomic mass is 9.43. The van der Waals surface area contributed by atoms with Crippen molar-refractivity contribution in [2.45, 2.75) is 34.9 Å². The molecule has 3 aliphatic rings. The maximum Gasteiger partial charge on any atom is 0.242 e. The van der Waals surface area contributed by atoms with Gasteiger partial charge in [-0.3, -0.25) is 14.9 Å². The number of halogens is 4. The quantitative estimate of drug-likeness (QED) is 0.213. The molecule has 4 atom stereocenters. The molecule has 3 saturated heterocycles. The van der Waals surface area contributed by atoms with Crippen molar-refractivity contribution in [3.8, 4) is 0 Å². The first kappa shape index (κ1) is 26.8. The van der Waals surface area contributed by atoms with E-state index in [-0.39, 0.29) is 11.8 Å². The maximum atomic E-state index is 14.8. The Morgan fingerprint density at radius 3 is 1.20 bits per heavy atom. The summed E-state index contributed by atoms with van der Waals surface area (Å²) in [5, 5.41) is 2.84. The molecular formula is C32H21Br4NO3. The average molecular weight is 787 g/mol. The molecule has 3 aliphatic heterocycles. The van der Waals surface area contributed by atoms with Gasteiger partial charge in [-0.05, 0) is 83.6 Å². The van der Waals surface area contributed by atoms with Gasteiger partial charge in [0, 0.05) is 17.9 Å². The van der Waals surface area contributed by atoms with Gasteiger partial charge in [0.25, 0.3) is 0 Å². The van der Waals surface area contributed by atoms with Gasteiger partial charge in [0.05, 0.1) is 0 Å². The molecule has 0 spiro atoms. The fraction of sp³-hybridized carbons (Fsp3) is 0.188. The lowest BCUT2D eigenvalue weighted by Gasteiger charge is -2.51. The van der Waals surface area contributed by atoms with E-state index in [2.05, 4.69) is 69.0 Å². The number of ether oxygens (including phenoxy) is 1. The topological polar surface area (TPSA) is 55.4 Å². The van der Waals surface area contributed by atoms with Crippen molar-refractivity contribution in [2.75, 3.05) is 0 Å². The summed E-state index contributed by atoms with van der Waals surface area (Å²) in [6.07, 6.45) is 1.08. The minimum absolute atomic E-state index is 0.355. The van der Waals surface area contributed by atoms with Crippen LogP contribution in [0.15, 0.2) is 115 Å². The Hall–Kier alpha value is -2.10. The summed E-state index contributed by atoms with van der Waals surface area (Å²) in [6, 6.07) is 31.4. The molecule has 1 N–H and O–H groups in total. The van der Waals surface area contributed by atoms with Gasteiger partial charge in [0.15, 0.2) is 0 Å². The molecule has 2 amide bonds. The fourth-order valence-electron chi connectivity index (χ4n) is 7.81. The van der Waals surface area contributed by atoms with Gasteiger partial charge in [0.1, 0.15) is 22.0 Å². The molecule has 0 saturated carbocycles. The lowest BCUT2D eigenvalue weighted by Crippen LogP contribution is -2.65. The average Bonchev–Trinajstić information content (AvgIpc) is 3.53. The van der Waals surface area contributed by atoms with Crippen LogP contribution in [0.25, 0.3) is 0 Å². The predicted octanol–water partition coefficient (Wildman–Crippen LogP) is 8.18. The summed E-state index contributed by atoms with van der Waals surface area (Å²) in [4.78, 5) is 29.6. The third-order valence-electron chi connectivity index (χ3n) is 8.96. The van der Waals surface area contributed by atoms with Gasteiger partial charge in [-0.2, -0.15) is 0 Å². The SMILES string of the molecule is O=C1NC(=O)C2(c3cccc(Br)c3)C3(c4cccc(Br)c4)CCC(c4cccc(Br)c4)(O3)C12c1cccc(Br)c1. The molecule has 0 radical (unpaired) electrons. The van der Waals surface area contributed by atoms with E-state index in [4.69, 9.17) is 4.74 Å². The Bertz CT molecular complexity index is 1620. The van der Waals surface area contributed by atoms with Gasteiger partial charge >= 0.3 is 0 Å². The molecule has 200 valence electrons. The number of hydrogen-bond donors (Lipinski definition) is 1. The second kappa shape index (κ2) is 9.20. The molecule has 3 fully saturated rings. The summed E-state index contributed by atoms with van der Waals surface area (Å²) >= 11 is 14.6. The van der Waals surface area contributed by atoms with Crippen molar-refractivity contribution in [1.29, 1.82) is 0 Å². The van der Waals surface area contributed by atoms with Crippen LogP contribution in [0.2, 0.25) is 0 Å². The van der Waals surface area contributed by atoms with Gasteiger partial charge in [-0.25, -0.2) is 0 Å². The minimum Gasteiger partial charge on any atom is -0.356 e. The standard InChI is InChI=1S/C32H21Br4NO3/c33-23-9-1-5-19(15-23)29-13-14-30(40-29,20-6-2-10-24(34)16-20)32(22-8-4-12-26(36)18-22)28(39)37-27(38)31(29,32)21-7-3-11-25(35)17-21/h1-12,15-18H,13-14H2,(H,37,38,39). The van der Waals surface area contributed by atoms with Crippen LogP contribution in [-0.2, 0) is 36.4 Å². The van der Waals surface area contributed by atoms with Crippen molar-refractivity contribution in [2.24, 2.45) is 0 Å². The largest absolute Gasteiger partial charge is 0.356 e. The van der Waals surface area contributed by atoms with E-state index >= 15 is 0 Å². The zero-order valence-electron chi connectivity index (χ0n) is 20.9. The monoisotopic (exact) mass is 783 g/mol. The van der Waals surface area contributed by atoms with E-state index in [0.29, 0.717) is 12.8 Å². The van der Waals surface area contributed by atoms with E-state index in [1.54, 1.807) is 0 Å². The highest BCUT2D eigenvalue weighted by molar-refractivity contribution is 9.11.